The smallest absolute Gasteiger partial charge is 0.251 e. The van der Waals surface area contributed by atoms with Gasteiger partial charge in [-0.1, -0.05) is 18.9 Å². The van der Waals surface area contributed by atoms with E-state index in [0.717, 1.165) is 36.8 Å². The van der Waals surface area contributed by atoms with E-state index in [0.29, 0.717) is 23.0 Å². The molecule has 0 spiro atoms. The minimum Gasteiger partial charge on any atom is -0.352 e. The number of carbonyl (C=O) groups excluding carboxylic acids is 2. The highest BCUT2D eigenvalue weighted by molar-refractivity contribution is 5.99. The van der Waals surface area contributed by atoms with Gasteiger partial charge in [0.2, 0.25) is 0 Å². The number of amides is 2. The molecule has 4 nitrogen and oxygen atoms in total. The Morgan fingerprint density at radius 1 is 0.750 bits per heavy atom. The van der Waals surface area contributed by atoms with Gasteiger partial charge in [-0.05, 0) is 92.2 Å². The molecular formula is C24H32N2O2. The summed E-state index contributed by atoms with van der Waals surface area (Å²) in [7, 11) is 0. The van der Waals surface area contributed by atoms with Crippen LogP contribution in [0.1, 0.15) is 72.1 Å². The maximum Gasteiger partial charge on any atom is 0.251 e. The normalized spacial score (nSPS) is 35.3. The largest absolute Gasteiger partial charge is 0.352 e. The van der Waals surface area contributed by atoms with Crippen LogP contribution >= 0.6 is 0 Å². The molecule has 0 aliphatic heterocycles. The van der Waals surface area contributed by atoms with Crippen LogP contribution in [-0.4, -0.2) is 24.9 Å². The summed E-state index contributed by atoms with van der Waals surface area (Å²) in [6.45, 7) is 1.56. The zero-order chi connectivity index (χ0) is 19.1. The fourth-order valence-corrected chi connectivity index (χ4v) is 6.71. The van der Waals surface area contributed by atoms with Gasteiger partial charge in [-0.15, -0.1) is 0 Å². The Morgan fingerprint density at radius 2 is 1.25 bits per heavy atom. The summed E-state index contributed by atoms with van der Waals surface area (Å²) in [5, 5.41) is 6.23. The van der Waals surface area contributed by atoms with E-state index in [9.17, 15) is 9.59 Å². The van der Waals surface area contributed by atoms with E-state index in [4.69, 9.17) is 0 Å². The lowest BCUT2D eigenvalue weighted by molar-refractivity contribution is 0.0941. The maximum absolute atomic E-state index is 12.6. The molecule has 4 saturated carbocycles. The summed E-state index contributed by atoms with van der Waals surface area (Å²) in [4.78, 5) is 25.2. The van der Waals surface area contributed by atoms with Crippen molar-refractivity contribution in [1.82, 2.24) is 10.6 Å². The van der Waals surface area contributed by atoms with Crippen molar-refractivity contribution in [3.05, 3.63) is 35.4 Å². The molecule has 4 aliphatic carbocycles. The SMILES string of the molecule is O=C(NC[C@H]1C[C@H]2CC[C@H]1C2)c1cccc(C(=O)NC[C@H]2C[C@H]3CC[C@H]2C3)c1. The average Bonchev–Trinajstić information content (AvgIpc) is 3.52. The van der Waals surface area contributed by atoms with Crippen molar-refractivity contribution in [3.8, 4) is 0 Å². The number of benzene rings is 1. The molecule has 28 heavy (non-hydrogen) atoms. The zero-order valence-corrected chi connectivity index (χ0v) is 16.7. The maximum atomic E-state index is 12.6. The number of hydrogen-bond donors (Lipinski definition) is 2. The highest BCUT2D eigenvalue weighted by Crippen LogP contribution is 2.48. The lowest BCUT2D eigenvalue weighted by Crippen LogP contribution is -2.33. The first kappa shape index (κ1) is 18.2. The van der Waals surface area contributed by atoms with E-state index in [1.165, 1.54) is 51.4 Å². The second-order valence-electron chi connectivity index (χ2n) is 9.87. The van der Waals surface area contributed by atoms with Gasteiger partial charge in [0, 0.05) is 24.2 Å². The van der Waals surface area contributed by atoms with Gasteiger partial charge in [0.1, 0.15) is 0 Å². The van der Waals surface area contributed by atoms with E-state index in [2.05, 4.69) is 10.6 Å². The average molecular weight is 381 g/mol. The molecular weight excluding hydrogens is 348 g/mol. The standard InChI is InChI=1S/C24H32N2O2/c27-23(25-13-21-10-15-4-6-17(21)8-15)19-2-1-3-20(12-19)24(28)26-14-22-11-16-5-7-18(22)9-16/h1-3,12,15-18,21-22H,4-11,13-14H2,(H,25,27)(H,26,28)/t15-,16-,17-,18-,21+,22+/m0/s1. The van der Waals surface area contributed by atoms with E-state index < -0.39 is 0 Å². The molecule has 2 N–H and O–H groups in total. The Morgan fingerprint density at radius 3 is 1.64 bits per heavy atom. The molecule has 1 aromatic rings. The molecule has 6 atom stereocenters. The molecule has 5 rings (SSSR count). The van der Waals surface area contributed by atoms with Crippen molar-refractivity contribution in [1.29, 1.82) is 0 Å². The third kappa shape index (κ3) is 3.58. The quantitative estimate of drug-likeness (QED) is 0.783. The molecule has 0 aromatic heterocycles. The van der Waals surface area contributed by atoms with Crippen molar-refractivity contribution < 1.29 is 9.59 Å². The van der Waals surface area contributed by atoms with Crippen molar-refractivity contribution in [2.24, 2.45) is 35.5 Å². The van der Waals surface area contributed by atoms with Gasteiger partial charge in [0.25, 0.3) is 11.8 Å². The number of nitrogens with one attached hydrogen (secondary N) is 2. The zero-order valence-electron chi connectivity index (χ0n) is 16.7. The van der Waals surface area contributed by atoms with Gasteiger partial charge in [0.05, 0.1) is 0 Å². The van der Waals surface area contributed by atoms with Crippen molar-refractivity contribution >= 4 is 11.8 Å². The van der Waals surface area contributed by atoms with Gasteiger partial charge in [-0.25, -0.2) is 0 Å². The minimum absolute atomic E-state index is 0.0504. The lowest BCUT2D eigenvalue weighted by atomic mass is 9.89. The number of carbonyl (C=O) groups is 2. The first-order valence-corrected chi connectivity index (χ1v) is 11.3. The molecule has 0 unspecified atom stereocenters. The Balaban J connectivity index is 1.14. The Bertz CT molecular complexity index is 701. The topological polar surface area (TPSA) is 58.2 Å². The molecule has 4 bridgehead atoms. The molecule has 4 aliphatic rings. The summed E-state index contributed by atoms with van der Waals surface area (Å²) in [5.74, 6) is 4.62. The molecule has 0 saturated heterocycles. The minimum atomic E-state index is -0.0504. The van der Waals surface area contributed by atoms with Gasteiger partial charge < -0.3 is 10.6 Å². The van der Waals surface area contributed by atoms with Crippen LogP contribution in [0.5, 0.6) is 0 Å². The summed E-state index contributed by atoms with van der Waals surface area (Å²) in [6.07, 6.45) is 10.7. The van der Waals surface area contributed by atoms with Crippen molar-refractivity contribution in [2.75, 3.05) is 13.1 Å². The molecule has 0 heterocycles. The van der Waals surface area contributed by atoms with E-state index in [1.807, 2.05) is 18.2 Å². The summed E-state index contributed by atoms with van der Waals surface area (Å²) >= 11 is 0. The third-order valence-corrected chi connectivity index (χ3v) is 8.21. The van der Waals surface area contributed by atoms with Crippen LogP contribution in [0.3, 0.4) is 0 Å². The molecule has 0 radical (unpaired) electrons. The highest BCUT2D eigenvalue weighted by Gasteiger charge is 2.40. The molecule has 150 valence electrons. The van der Waals surface area contributed by atoms with Crippen LogP contribution in [0.25, 0.3) is 0 Å². The van der Waals surface area contributed by atoms with Gasteiger partial charge in [-0.2, -0.15) is 0 Å². The molecule has 1 aromatic carbocycles. The van der Waals surface area contributed by atoms with Crippen LogP contribution in [0, 0.1) is 35.5 Å². The van der Waals surface area contributed by atoms with E-state index in [-0.39, 0.29) is 11.8 Å². The lowest BCUT2D eigenvalue weighted by Gasteiger charge is -2.22. The number of hydrogen-bond acceptors (Lipinski definition) is 2. The van der Waals surface area contributed by atoms with Crippen molar-refractivity contribution in [3.63, 3.8) is 0 Å². The van der Waals surface area contributed by atoms with Crippen LogP contribution in [0.2, 0.25) is 0 Å². The van der Waals surface area contributed by atoms with Crippen LogP contribution in [0.15, 0.2) is 24.3 Å². The number of rotatable bonds is 6. The van der Waals surface area contributed by atoms with Crippen LogP contribution < -0.4 is 10.6 Å². The van der Waals surface area contributed by atoms with Crippen molar-refractivity contribution in [2.45, 2.75) is 51.4 Å². The third-order valence-electron chi connectivity index (χ3n) is 8.21. The first-order valence-electron chi connectivity index (χ1n) is 11.3. The first-order chi connectivity index (χ1) is 13.7. The summed E-state index contributed by atoms with van der Waals surface area (Å²) < 4.78 is 0. The fourth-order valence-electron chi connectivity index (χ4n) is 6.71. The fraction of sp³-hybridized carbons (Fsp3) is 0.667. The second-order valence-corrected chi connectivity index (χ2v) is 9.87. The number of fused-ring (bicyclic) bond motifs is 4. The Labute approximate surface area is 167 Å². The van der Waals surface area contributed by atoms with Crippen LogP contribution in [0.4, 0.5) is 0 Å². The van der Waals surface area contributed by atoms with Gasteiger partial charge in [-0.3, -0.25) is 9.59 Å². The predicted molar refractivity (Wildman–Crippen MR) is 109 cm³/mol. The Kier molecular flexibility index (Phi) is 4.90. The predicted octanol–water partition coefficient (Wildman–Crippen LogP) is 4.02. The van der Waals surface area contributed by atoms with E-state index in [1.54, 1.807) is 6.07 Å². The van der Waals surface area contributed by atoms with Gasteiger partial charge >= 0.3 is 0 Å². The molecule has 4 fully saturated rings. The monoisotopic (exact) mass is 380 g/mol. The molecule has 2 amide bonds. The highest BCUT2D eigenvalue weighted by atomic mass is 16.2. The van der Waals surface area contributed by atoms with E-state index >= 15 is 0 Å². The van der Waals surface area contributed by atoms with Gasteiger partial charge in [0.15, 0.2) is 0 Å². The molecule has 4 heteroatoms. The van der Waals surface area contributed by atoms with Crippen LogP contribution in [-0.2, 0) is 0 Å². The summed E-state index contributed by atoms with van der Waals surface area (Å²) in [6, 6.07) is 7.18. The summed E-state index contributed by atoms with van der Waals surface area (Å²) in [5.41, 5.74) is 1.19. The Hall–Kier alpha value is -1.84. The second kappa shape index (κ2) is 7.53.